The highest BCUT2D eigenvalue weighted by atomic mass is 16.3. The van der Waals surface area contributed by atoms with Crippen molar-refractivity contribution in [2.75, 3.05) is 5.32 Å². The zero-order valence-corrected chi connectivity index (χ0v) is 13.6. The van der Waals surface area contributed by atoms with E-state index in [1.165, 1.54) is 5.56 Å². The maximum Gasteiger partial charge on any atom is 0.152 e. The molecule has 2 aromatic carbocycles. The fourth-order valence-electron chi connectivity index (χ4n) is 2.70. The van der Waals surface area contributed by atoms with Gasteiger partial charge in [-0.3, -0.25) is 0 Å². The van der Waals surface area contributed by atoms with Crippen molar-refractivity contribution >= 4 is 22.3 Å². The molecule has 0 aliphatic rings. The predicted molar refractivity (Wildman–Crippen MR) is 97.3 cm³/mol. The average Bonchev–Trinajstić information content (AvgIpc) is 2.96. The minimum Gasteiger partial charge on any atom is -0.368 e. The second kappa shape index (κ2) is 5.89. The van der Waals surface area contributed by atoms with Crippen molar-refractivity contribution < 1.29 is 6.53 Å². The standard InChI is InChI=1S/C19H21N3O.H2/c1-13-7-9-15(10-8-13)14(2)11-19(3,23)22-17-6-4-5-16-18(17)21-12-20-16;/h4-12,22-23H,1-3H3,(H,20,21);1H/b14-11+;. The smallest absolute Gasteiger partial charge is 0.152 e. The van der Waals surface area contributed by atoms with E-state index in [-0.39, 0.29) is 1.43 Å². The number of nitrogens with one attached hydrogen (secondary N) is 2. The van der Waals surface area contributed by atoms with Crippen molar-refractivity contribution in [2.24, 2.45) is 0 Å². The van der Waals surface area contributed by atoms with Gasteiger partial charge in [0.15, 0.2) is 5.72 Å². The van der Waals surface area contributed by atoms with Crippen molar-refractivity contribution in [1.82, 2.24) is 9.97 Å². The van der Waals surface area contributed by atoms with Gasteiger partial charge in [0.1, 0.15) is 5.52 Å². The molecule has 0 bridgehead atoms. The van der Waals surface area contributed by atoms with Crippen LogP contribution >= 0.6 is 0 Å². The second-order valence-corrected chi connectivity index (χ2v) is 6.07. The van der Waals surface area contributed by atoms with Crippen molar-refractivity contribution in [1.29, 1.82) is 0 Å². The van der Waals surface area contributed by atoms with Gasteiger partial charge >= 0.3 is 0 Å². The van der Waals surface area contributed by atoms with Crippen LogP contribution in [0.25, 0.3) is 16.6 Å². The first kappa shape index (κ1) is 15.3. The summed E-state index contributed by atoms with van der Waals surface area (Å²) in [5, 5.41) is 13.9. The zero-order valence-electron chi connectivity index (χ0n) is 13.6. The van der Waals surface area contributed by atoms with Gasteiger partial charge in [0, 0.05) is 1.43 Å². The number of allylic oxidation sites excluding steroid dienone is 1. The third kappa shape index (κ3) is 3.43. The van der Waals surface area contributed by atoms with Crippen molar-refractivity contribution in [3.63, 3.8) is 0 Å². The lowest BCUT2D eigenvalue weighted by Gasteiger charge is -2.24. The zero-order chi connectivity index (χ0) is 16.4. The van der Waals surface area contributed by atoms with Crippen LogP contribution in [-0.4, -0.2) is 20.8 Å². The normalized spacial score (nSPS) is 14.7. The minimum atomic E-state index is -1.18. The Kier molecular flexibility index (Phi) is 3.92. The number of hydrogen-bond acceptors (Lipinski definition) is 3. The number of imidazole rings is 1. The Morgan fingerprint density at radius 2 is 2.00 bits per heavy atom. The minimum absolute atomic E-state index is 0. The van der Waals surface area contributed by atoms with Gasteiger partial charge in [-0.15, -0.1) is 0 Å². The van der Waals surface area contributed by atoms with Crippen LogP contribution in [-0.2, 0) is 0 Å². The third-order valence-corrected chi connectivity index (χ3v) is 3.84. The Morgan fingerprint density at radius 3 is 2.74 bits per heavy atom. The van der Waals surface area contributed by atoms with E-state index in [9.17, 15) is 5.11 Å². The summed E-state index contributed by atoms with van der Waals surface area (Å²) < 4.78 is 0. The molecule has 4 nitrogen and oxygen atoms in total. The average molecular weight is 309 g/mol. The molecule has 0 saturated carbocycles. The Balaban J connectivity index is 0.00000208. The van der Waals surface area contributed by atoms with Gasteiger partial charge in [0.2, 0.25) is 0 Å². The molecule has 0 spiro atoms. The van der Waals surface area contributed by atoms with Crippen LogP contribution in [0.5, 0.6) is 0 Å². The van der Waals surface area contributed by atoms with Gasteiger partial charge in [-0.05, 0) is 50.1 Å². The van der Waals surface area contributed by atoms with Gasteiger partial charge in [-0.2, -0.15) is 0 Å². The summed E-state index contributed by atoms with van der Waals surface area (Å²) in [6, 6.07) is 14.0. The number of H-pyrrole nitrogens is 1. The lowest BCUT2D eigenvalue weighted by atomic mass is 10.0. The number of anilines is 1. The third-order valence-electron chi connectivity index (χ3n) is 3.84. The molecule has 1 aromatic heterocycles. The van der Waals surface area contributed by atoms with Crippen LogP contribution in [0, 0.1) is 6.92 Å². The highest BCUT2D eigenvalue weighted by Gasteiger charge is 2.19. The molecule has 0 saturated heterocycles. The Hall–Kier alpha value is -2.59. The number of rotatable bonds is 4. The number of aliphatic hydroxyl groups is 1. The Bertz CT molecular complexity index is 850. The summed E-state index contributed by atoms with van der Waals surface area (Å²) >= 11 is 0. The summed E-state index contributed by atoms with van der Waals surface area (Å²) in [5.41, 5.74) is 4.69. The molecule has 0 aliphatic heterocycles. The van der Waals surface area contributed by atoms with E-state index in [4.69, 9.17) is 0 Å². The van der Waals surface area contributed by atoms with E-state index in [2.05, 4.69) is 46.5 Å². The van der Waals surface area contributed by atoms with E-state index >= 15 is 0 Å². The number of hydrogen-bond donors (Lipinski definition) is 3. The molecular weight excluding hydrogens is 286 g/mol. The van der Waals surface area contributed by atoms with Crippen molar-refractivity contribution in [2.45, 2.75) is 26.5 Å². The summed E-state index contributed by atoms with van der Waals surface area (Å²) in [6.45, 7) is 5.79. The van der Waals surface area contributed by atoms with Crippen molar-refractivity contribution in [3.8, 4) is 0 Å². The van der Waals surface area contributed by atoms with Gasteiger partial charge in [-0.25, -0.2) is 4.98 Å². The van der Waals surface area contributed by atoms with Gasteiger partial charge < -0.3 is 15.4 Å². The van der Waals surface area contributed by atoms with Crippen LogP contribution in [0.1, 0.15) is 26.4 Å². The first-order valence-corrected chi connectivity index (χ1v) is 7.64. The lowest BCUT2D eigenvalue weighted by Crippen LogP contribution is -2.32. The number of aromatic nitrogens is 2. The van der Waals surface area contributed by atoms with E-state index in [0.29, 0.717) is 0 Å². The summed E-state index contributed by atoms with van der Waals surface area (Å²) in [6.07, 6.45) is 3.47. The number of fused-ring (bicyclic) bond motifs is 1. The molecule has 120 valence electrons. The molecule has 23 heavy (non-hydrogen) atoms. The monoisotopic (exact) mass is 309 g/mol. The first-order valence-electron chi connectivity index (χ1n) is 7.64. The molecule has 0 aliphatic carbocycles. The molecule has 0 fully saturated rings. The van der Waals surface area contributed by atoms with Crippen LogP contribution in [0.4, 0.5) is 5.69 Å². The molecular formula is C19H23N3O. The largest absolute Gasteiger partial charge is 0.368 e. The summed E-state index contributed by atoms with van der Waals surface area (Å²) in [4.78, 5) is 7.37. The molecule has 3 rings (SSSR count). The molecule has 1 unspecified atom stereocenters. The highest BCUT2D eigenvalue weighted by molar-refractivity contribution is 5.88. The van der Waals surface area contributed by atoms with Crippen molar-refractivity contribution in [3.05, 3.63) is 66.0 Å². The van der Waals surface area contributed by atoms with Gasteiger partial charge in [0.05, 0.1) is 17.5 Å². The molecule has 0 radical (unpaired) electrons. The molecule has 3 aromatic rings. The molecule has 0 amide bonds. The van der Waals surface area contributed by atoms with Crippen LogP contribution in [0.2, 0.25) is 0 Å². The SMILES string of the molecule is C/C(=C\C(C)(O)Nc1cccc2[nH]cnc12)c1ccc(C)cc1.[HH]. The first-order chi connectivity index (χ1) is 10.9. The fourth-order valence-corrected chi connectivity index (χ4v) is 2.70. The number of para-hydroxylation sites is 1. The maximum atomic E-state index is 10.7. The van der Waals surface area contributed by atoms with E-state index < -0.39 is 5.72 Å². The quantitative estimate of drug-likeness (QED) is 0.628. The van der Waals surface area contributed by atoms with E-state index in [1.54, 1.807) is 13.3 Å². The summed E-state index contributed by atoms with van der Waals surface area (Å²) in [5.74, 6) is 0. The molecule has 1 atom stereocenters. The summed E-state index contributed by atoms with van der Waals surface area (Å²) in [7, 11) is 0. The van der Waals surface area contributed by atoms with Crippen LogP contribution in [0.15, 0.2) is 54.9 Å². The molecule has 1 heterocycles. The fraction of sp³-hybridized carbons (Fsp3) is 0.211. The number of nitrogens with zero attached hydrogens (tertiary/aromatic N) is 1. The number of aromatic amines is 1. The number of benzene rings is 2. The van der Waals surface area contributed by atoms with Crippen LogP contribution < -0.4 is 5.32 Å². The van der Waals surface area contributed by atoms with Gasteiger partial charge in [0.25, 0.3) is 0 Å². The van der Waals surface area contributed by atoms with Crippen LogP contribution in [0.3, 0.4) is 0 Å². The topological polar surface area (TPSA) is 60.9 Å². The van der Waals surface area contributed by atoms with E-state index in [0.717, 1.165) is 27.9 Å². The van der Waals surface area contributed by atoms with E-state index in [1.807, 2.05) is 31.2 Å². The molecule has 4 heteroatoms. The lowest BCUT2D eigenvalue weighted by molar-refractivity contribution is 0.143. The highest BCUT2D eigenvalue weighted by Crippen LogP contribution is 2.25. The number of aryl methyl sites for hydroxylation is 1. The molecule has 3 N–H and O–H groups in total. The van der Waals surface area contributed by atoms with Gasteiger partial charge in [-0.1, -0.05) is 35.9 Å². The Labute approximate surface area is 137 Å². The Morgan fingerprint density at radius 1 is 1.26 bits per heavy atom. The second-order valence-electron chi connectivity index (χ2n) is 6.07. The predicted octanol–water partition coefficient (Wildman–Crippen LogP) is 4.34. The maximum absolute atomic E-state index is 10.7.